The molecule has 2 N–H and O–H groups in total. The second-order valence-electron chi connectivity index (χ2n) is 6.87. The van der Waals surface area contributed by atoms with Crippen LogP contribution >= 0.6 is 0 Å². The molecule has 7 nitrogen and oxygen atoms in total. The third-order valence-corrected chi connectivity index (χ3v) is 5.11. The maximum absolute atomic E-state index is 14.8. The minimum absolute atomic E-state index is 0.0539. The molecule has 0 bridgehead atoms. The van der Waals surface area contributed by atoms with Gasteiger partial charge in [0.1, 0.15) is 5.82 Å². The second-order valence-corrected chi connectivity index (χ2v) is 6.87. The van der Waals surface area contributed by atoms with Crippen LogP contribution in [0.15, 0.2) is 12.1 Å². The van der Waals surface area contributed by atoms with Crippen LogP contribution in [0.1, 0.15) is 24.3 Å². The number of aromatic nitrogens is 2. The van der Waals surface area contributed by atoms with E-state index < -0.39 is 36.1 Å². The van der Waals surface area contributed by atoms with Gasteiger partial charge in [0.25, 0.3) is 5.92 Å². The van der Waals surface area contributed by atoms with Crippen molar-refractivity contribution in [3.63, 3.8) is 0 Å². The molecular weight excluding hydrogens is 363 g/mol. The Kier molecular flexibility index (Phi) is 4.10. The molecule has 4 rings (SSSR count). The van der Waals surface area contributed by atoms with E-state index in [1.54, 1.807) is 7.05 Å². The van der Waals surface area contributed by atoms with Crippen molar-refractivity contribution in [2.75, 3.05) is 24.5 Å². The molecule has 2 aliphatic heterocycles. The van der Waals surface area contributed by atoms with Gasteiger partial charge in [-0.05, 0) is 30.7 Å². The first-order chi connectivity index (χ1) is 12.8. The first kappa shape index (κ1) is 17.8. The number of imide groups is 1. The number of alkyl halides is 2. The first-order valence-electron chi connectivity index (χ1n) is 8.64. The summed E-state index contributed by atoms with van der Waals surface area (Å²) in [5, 5.41) is 9.41. The summed E-state index contributed by atoms with van der Waals surface area (Å²) >= 11 is 0. The number of anilines is 1. The molecule has 2 fully saturated rings. The Balaban J connectivity index is 1.79. The summed E-state index contributed by atoms with van der Waals surface area (Å²) in [6.45, 7) is 0.0105. The van der Waals surface area contributed by atoms with E-state index in [0.717, 1.165) is 6.07 Å². The first-order valence-corrected chi connectivity index (χ1v) is 8.64. The number of halogens is 3. The summed E-state index contributed by atoms with van der Waals surface area (Å²) < 4.78 is 44.8. The number of carbonyl (C=O) groups is 2. The number of benzene rings is 1. The molecule has 0 aliphatic carbocycles. The van der Waals surface area contributed by atoms with Crippen molar-refractivity contribution < 1.29 is 22.8 Å². The van der Waals surface area contributed by atoms with Gasteiger partial charge in [-0.1, -0.05) is 0 Å². The summed E-state index contributed by atoms with van der Waals surface area (Å²) in [6.07, 6.45) is 0.225. The molecule has 2 saturated heterocycles. The standard InChI is InChI=1S/C17H18F3N5O2/c1-24-13-7-9(11-2-4-21-8-17(11,19)20)12(18)6-10(13)15(23-24)25-5-3-14(26)22-16(25)27/h6-7,11,21H,2-5,8H2,1H3,(H,22,26,27)/t11-/m1/s1. The van der Waals surface area contributed by atoms with Crippen LogP contribution in [0, 0.1) is 5.82 Å². The monoisotopic (exact) mass is 381 g/mol. The fourth-order valence-electron chi connectivity index (χ4n) is 3.73. The largest absolute Gasteiger partial charge is 0.329 e. The zero-order valence-corrected chi connectivity index (χ0v) is 14.6. The highest BCUT2D eigenvalue weighted by Gasteiger charge is 2.44. The Bertz CT molecular complexity index is 942. The average Bonchev–Trinajstić information content (AvgIpc) is 2.90. The van der Waals surface area contributed by atoms with E-state index in [-0.39, 0.29) is 30.8 Å². The predicted molar refractivity (Wildman–Crippen MR) is 91.3 cm³/mol. The van der Waals surface area contributed by atoms with E-state index in [1.807, 2.05) is 0 Å². The fraction of sp³-hybridized carbons (Fsp3) is 0.471. The lowest BCUT2D eigenvalue weighted by Gasteiger charge is -2.32. The van der Waals surface area contributed by atoms with Gasteiger partial charge in [-0.25, -0.2) is 18.0 Å². The number of nitrogens with one attached hydrogen (secondary N) is 2. The molecule has 0 unspecified atom stereocenters. The molecular formula is C17H18F3N5O2. The minimum Gasteiger partial charge on any atom is -0.311 e. The highest BCUT2D eigenvalue weighted by Crippen LogP contribution is 2.41. The quantitative estimate of drug-likeness (QED) is 0.833. The van der Waals surface area contributed by atoms with Crippen molar-refractivity contribution in [3.05, 3.63) is 23.5 Å². The highest BCUT2D eigenvalue weighted by molar-refractivity contribution is 6.08. The molecule has 1 aromatic heterocycles. The SMILES string of the molecule is Cn1nc(N2CCC(=O)NC2=O)c2cc(F)c([C@H]3CCNCC3(F)F)cc21. The Morgan fingerprint density at radius 2 is 2.07 bits per heavy atom. The maximum Gasteiger partial charge on any atom is 0.329 e. The van der Waals surface area contributed by atoms with Crippen LogP contribution in [0.4, 0.5) is 23.8 Å². The minimum atomic E-state index is -3.05. The molecule has 0 saturated carbocycles. The smallest absolute Gasteiger partial charge is 0.311 e. The molecule has 3 amide bonds. The van der Waals surface area contributed by atoms with E-state index >= 15 is 0 Å². The third-order valence-electron chi connectivity index (χ3n) is 5.11. The Morgan fingerprint density at radius 3 is 2.78 bits per heavy atom. The molecule has 1 atom stereocenters. The van der Waals surface area contributed by atoms with Crippen molar-refractivity contribution >= 4 is 28.7 Å². The molecule has 2 aromatic rings. The molecule has 27 heavy (non-hydrogen) atoms. The molecule has 2 aliphatic rings. The average molecular weight is 381 g/mol. The number of fused-ring (bicyclic) bond motifs is 1. The van der Waals surface area contributed by atoms with Gasteiger partial charge in [0.05, 0.1) is 18.0 Å². The van der Waals surface area contributed by atoms with E-state index in [1.165, 1.54) is 15.6 Å². The lowest BCUT2D eigenvalue weighted by molar-refractivity contribution is -0.120. The summed E-state index contributed by atoms with van der Waals surface area (Å²) in [5.74, 6) is -5.23. The zero-order valence-electron chi connectivity index (χ0n) is 14.6. The van der Waals surface area contributed by atoms with Gasteiger partial charge in [0, 0.05) is 25.4 Å². The molecule has 0 radical (unpaired) electrons. The zero-order chi connectivity index (χ0) is 19.3. The van der Waals surface area contributed by atoms with Crippen LogP contribution in [-0.4, -0.2) is 47.3 Å². The number of hydrogen-bond donors (Lipinski definition) is 2. The van der Waals surface area contributed by atoms with E-state index in [4.69, 9.17) is 0 Å². The van der Waals surface area contributed by atoms with Gasteiger partial charge in [-0.2, -0.15) is 5.10 Å². The van der Waals surface area contributed by atoms with E-state index in [2.05, 4.69) is 15.7 Å². The number of urea groups is 1. The summed E-state index contributed by atoms with van der Waals surface area (Å²) in [5.41, 5.74) is 0.391. The van der Waals surface area contributed by atoms with Crippen molar-refractivity contribution in [1.29, 1.82) is 0 Å². The van der Waals surface area contributed by atoms with Crippen LogP contribution in [0.25, 0.3) is 10.9 Å². The highest BCUT2D eigenvalue weighted by atomic mass is 19.3. The predicted octanol–water partition coefficient (Wildman–Crippen LogP) is 1.87. The molecule has 0 spiro atoms. The van der Waals surface area contributed by atoms with Crippen LogP contribution in [0.2, 0.25) is 0 Å². The molecule has 1 aromatic carbocycles. The van der Waals surface area contributed by atoms with Crippen LogP contribution in [0.3, 0.4) is 0 Å². The number of hydrogen-bond acceptors (Lipinski definition) is 4. The topological polar surface area (TPSA) is 79.3 Å². The Labute approximate surface area is 152 Å². The van der Waals surface area contributed by atoms with Gasteiger partial charge in [0.15, 0.2) is 5.82 Å². The number of carbonyl (C=O) groups excluding carboxylic acids is 2. The Morgan fingerprint density at radius 1 is 1.30 bits per heavy atom. The lowest BCUT2D eigenvalue weighted by Crippen LogP contribution is -2.49. The van der Waals surface area contributed by atoms with Crippen LogP contribution < -0.4 is 15.5 Å². The number of rotatable bonds is 2. The third kappa shape index (κ3) is 2.93. The molecule has 3 heterocycles. The van der Waals surface area contributed by atoms with Gasteiger partial charge in [-0.15, -0.1) is 0 Å². The van der Waals surface area contributed by atoms with E-state index in [9.17, 15) is 22.8 Å². The van der Waals surface area contributed by atoms with Gasteiger partial charge in [-0.3, -0.25) is 19.7 Å². The summed E-state index contributed by atoms with van der Waals surface area (Å²) in [6, 6.07) is 1.90. The maximum atomic E-state index is 14.8. The van der Waals surface area contributed by atoms with Crippen molar-refractivity contribution in [3.8, 4) is 0 Å². The summed E-state index contributed by atoms with van der Waals surface area (Å²) in [7, 11) is 1.60. The van der Waals surface area contributed by atoms with Crippen LogP contribution in [0.5, 0.6) is 0 Å². The fourth-order valence-corrected chi connectivity index (χ4v) is 3.73. The van der Waals surface area contributed by atoms with Gasteiger partial charge < -0.3 is 5.32 Å². The van der Waals surface area contributed by atoms with E-state index in [0.29, 0.717) is 17.4 Å². The van der Waals surface area contributed by atoms with Gasteiger partial charge in [0.2, 0.25) is 5.91 Å². The molecule has 144 valence electrons. The number of nitrogens with zero attached hydrogens (tertiary/aromatic N) is 3. The molecule has 10 heteroatoms. The lowest BCUT2D eigenvalue weighted by atomic mass is 9.86. The number of amides is 3. The van der Waals surface area contributed by atoms with Crippen molar-refractivity contribution in [2.45, 2.75) is 24.7 Å². The number of aryl methyl sites for hydroxylation is 1. The second kappa shape index (κ2) is 6.22. The Hall–Kier alpha value is -2.62. The normalized spacial score (nSPS) is 23.0. The number of piperidine rings is 1. The van der Waals surface area contributed by atoms with Crippen molar-refractivity contribution in [1.82, 2.24) is 20.4 Å². The van der Waals surface area contributed by atoms with Crippen LogP contribution in [-0.2, 0) is 11.8 Å². The van der Waals surface area contributed by atoms with Gasteiger partial charge >= 0.3 is 6.03 Å². The van der Waals surface area contributed by atoms with Crippen molar-refractivity contribution in [2.24, 2.45) is 7.05 Å². The summed E-state index contributed by atoms with van der Waals surface area (Å²) in [4.78, 5) is 24.7.